The first-order valence-electron chi connectivity index (χ1n) is 9.88. The highest BCUT2D eigenvalue weighted by Crippen LogP contribution is 2.15. The Kier molecular flexibility index (Phi) is 12.3. The molecule has 0 aliphatic carbocycles. The molecule has 0 saturated heterocycles. The van der Waals surface area contributed by atoms with Crippen LogP contribution in [0.4, 0.5) is 5.69 Å². The van der Waals surface area contributed by atoms with Crippen molar-refractivity contribution in [2.75, 3.05) is 11.9 Å². The maximum atomic E-state index is 10.8. The minimum absolute atomic E-state index is 0.318. The first kappa shape index (κ1) is 21.9. The lowest BCUT2D eigenvalue weighted by Gasteiger charge is -2.13. The van der Waals surface area contributed by atoms with Gasteiger partial charge in [0.1, 0.15) is 0 Å². The molecule has 1 unspecified atom stereocenters. The van der Waals surface area contributed by atoms with Gasteiger partial charge in [0, 0.05) is 17.5 Å². The van der Waals surface area contributed by atoms with Gasteiger partial charge in [-0.2, -0.15) is 12.6 Å². The van der Waals surface area contributed by atoms with Gasteiger partial charge < -0.3 is 10.4 Å². The fourth-order valence-electron chi connectivity index (χ4n) is 2.94. The molecule has 0 heterocycles. The summed E-state index contributed by atoms with van der Waals surface area (Å²) >= 11 is 4.65. The maximum Gasteiger partial charge on any atom is 0.335 e. The van der Waals surface area contributed by atoms with E-state index in [-0.39, 0.29) is 0 Å². The molecular weight excluding hydrogens is 330 g/mol. The molecule has 0 amide bonds. The molecule has 0 fully saturated rings. The average molecular weight is 366 g/mol. The number of hydrogen-bond donors (Lipinski definition) is 3. The number of carbonyl (C=O) groups is 1. The fraction of sp³-hybridized carbons (Fsp3) is 0.667. The molecular formula is C21H35NO2S. The van der Waals surface area contributed by atoms with Crippen LogP contribution in [0.15, 0.2) is 24.3 Å². The molecule has 1 rings (SSSR count). The topological polar surface area (TPSA) is 49.3 Å². The molecule has 3 nitrogen and oxygen atoms in total. The molecule has 1 atom stereocenters. The summed E-state index contributed by atoms with van der Waals surface area (Å²) in [6, 6.07) is 6.87. The molecule has 4 heteroatoms. The van der Waals surface area contributed by atoms with Crippen molar-refractivity contribution in [3.8, 4) is 0 Å². The van der Waals surface area contributed by atoms with Crippen molar-refractivity contribution >= 4 is 24.3 Å². The largest absolute Gasteiger partial charge is 0.478 e. The second kappa shape index (κ2) is 14.1. The van der Waals surface area contributed by atoms with Gasteiger partial charge in [0.15, 0.2) is 0 Å². The summed E-state index contributed by atoms with van der Waals surface area (Å²) in [4.78, 5) is 10.8. The number of benzene rings is 1. The maximum absolute atomic E-state index is 10.8. The summed E-state index contributed by atoms with van der Waals surface area (Å²) < 4.78 is 0. The quantitative estimate of drug-likeness (QED) is 0.249. The van der Waals surface area contributed by atoms with Gasteiger partial charge in [-0.1, -0.05) is 71.1 Å². The zero-order chi connectivity index (χ0) is 18.3. The minimum Gasteiger partial charge on any atom is -0.478 e. The summed E-state index contributed by atoms with van der Waals surface area (Å²) in [5.74, 6) is -0.889. The molecule has 0 aromatic heterocycles. The Morgan fingerprint density at radius 3 is 2.00 bits per heavy atom. The van der Waals surface area contributed by atoms with E-state index in [2.05, 4.69) is 24.9 Å². The second-order valence-electron chi connectivity index (χ2n) is 6.89. The number of anilines is 1. The number of unbranched alkanes of at least 4 members (excludes halogenated alkanes) is 9. The second-order valence-corrected chi connectivity index (χ2v) is 7.62. The Morgan fingerprint density at radius 1 is 0.960 bits per heavy atom. The van der Waals surface area contributed by atoms with Gasteiger partial charge in [0.2, 0.25) is 0 Å². The highest BCUT2D eigenvalue weighted by Gasteiger charge is 2.05. The van der Waals surface area contributed by atoms with Crippen LogP contribution in [0.25, 0.3) is 0 Å². The number of carboxylic acid groups (broad SMARTS) is 1. The van der Waals surface area contributed by atoms with Crippen molar-refractivity contribution < 1.29 is 9.90 Å². The smallest absolute Gasteiger partial charge is 0.335 e. The Balaban J connectivity index is 1.98. The summed E-state index contributed by atoms with van der Waals surface area (Å²) in [6.45, 7) is 3.08. The molecule has 2 N–H and O–H groups in total. The van der Waals surface area contributed by atoms with Crippen molar-refractivity contribution in [3.05, 3.63) is 29.8 Å². The van der Waals surface area contributed by atoms with Crippen LogP contribution in [0.2, 0.25) is 0 Å². The van der Waals surface area contributed by atoms with Crippen LogP contribution >= 0.6 is 12.6 Å². The standard InChI is InChI=1S/C21H35NO2S/c1-2-3-4-5-6-7-8-9-10-11-12-20(25)17-22-19-15-13-18(14-16-19)21(23)24/h13-16,20,22,25H,2-12,17H2,1H3,(H,23,24). The van der Waals surface area contributed by atoms with Crippen molar-refractivity contribution in [3.63, 3.8) is 0 Å². The van der Waals surface area contributed by atoms with Gasteiger partial charge in [0.25, 0.3) is 0 Å². The molecule has 142 valence electrons. The van der Waals surface area contributed by atoms with E-state index >= 15 is 0 Å². The third-order valence-corrected chi connectivity index (χ3v) is 5.01. The van der Waals surface area contributed by atoms with Crippen LogP contribution in [-0.2, 0) is 0 Å². The molecule has 0 saturated carbocycles. The number of rotatable bonds is 15. The van der Waals surface area contributed by atoms with Gasteiger partial charge in [-0.3, -0.25) is 0 Å². The molecule has 0 aliphatic heterocycles. The van der Waals surface area contributed by atoms with E-state index in [1.165, 1.54) is 64.2 Å². The molecule has 0 aliphatic rings. The summed E-state index contributed by atoms with van der Waals surface area (Å²) in [6.07, 6.45) is 14.7. The van der Waals surface area contributed by atoms with E-state index in [9.17, 15) is 4.79 Å². The van der Waals surface area contributed by atoms with Crippen molar-refractivity contribution in [2.24, 2.45) is 0 Å². The number of nitrogens with one attached hydrogen (secondary N) is 1. The van der Waals surface area contributed by atoms with Gasteiger partial charge >= 0.3 is 5.97 Å². The normalized spacial score (nSPS) is 12.1. The van der Waals surface area contributed by atoms with Crippen LogP contribution < -0.4 is 5.32 Å². The van der Waals surface area contributed by atoms with Gasteiger partial charge in [-0.15, -0.1) is 0 Å². The Hall–Kier alpha value is -1.16. The lowest BCUT2D eigenvalue weighted by molar-refractivity contribution is 0.0697. The predicted octanol–water partition coefficient (Wildman–Crippen LogP) is 6.41. The zero-order valence-corrected chi connectivity index (χ0v) is 16.6. The predicted molar refractivity (Wildman–Crippen MR) is 111 cm³/mol. The van der Waals surface area contributed by atoms with Crippen molar-refractivity contribution in [1.29, 1.82) is 0 Å². The summed E-state index contributed by atoms with van der Waals surface area (Å²) in [5.41, 5.74) is 1.27. The Morgan fingerprint density at radius 2 is 1.48 bits per heavy atom. The lowest BCUT2D eigenvalue weighted by Crippen LogP contribution is -2.14. The molecule has 0 spiro atoms. The number of carboxylic acids is 1. The van der Waals surface area contributed by atoms with Gasteiger partial charge in [-0.25, -0.2) is 4.79 Å². The van der Waals surface area contributed by atoms with Crippen LogP contribution in [0.1, 0.15) is 87.9 Å². The van der Waals surface area contributed by atoms with E-state index in [1.54, 1.807) is 12.1 Å². The van der Waals surface area contributed by atoms with Crippen molar-refractivity contribution in [1.82, 2.24) is 0 Å². The monoisotopic (exact) mass is 365 g/mol. The first-order valence-corrected chi connectivity index (χ1v) is 10.4. The summed E-state index contributed by atoms with van der Waals surface area (Å²) in [5, 5.41) is 12.6. The van der Waals surface area contributed by atoms with E-state index in [1.807, 2.05) is 12.1 Å². The fourth-order valence-corrected chi connectivity index (χ4v) is 3.21. The Labute approximate surface area is 159 Å². The molecule has 1 aromatic rings. The Bertz CT molecular complexity index is 461. The van der Waals surface area contributed by atoms with Crippen LogP contribution in [0, 0.1) is 0 Å². The van der Waals surface area contributed by atoms with E-state index in [0.29, 0.717) is 10.8 Å². The third kappa shape index (κ3) is 11.1. The number of thiol groups is 1. The van der Waals surface area contributed by atoms with E-state index in [0.717, 1.165) is 18.7 Å². The van der Waals surface area contributed by atoms with Crippen LogP contribution in [0.5, 0.6) is 0 Å². The van der Waals surface area contributed by atoms with E-state index in [4.69, 9.17) is 5.11 Å². The first-order chi connectivity index (χ1) is 12.1. The van der Waals surface area contributed by atoms with Crippen LogP contribution in [-0.4, -0.2) is 22.9 Å². The highest BCUT2D eigenvalue weighted by molar-refractivity contribution is 7.81. The molecule has 0 radical (unpaired) electrons. The minimum atomic E-state index is -0.889. The zero-order valence-electron chi connectivity index (χ0n) is 15.7. The molecule has 1 aromatic carbocycles. The third-order valence-electron chi connectivity index (χ3n) is 4.56. The lowest BCUT2D eigenvalue weighted by atomic mass is 10.1. The van der Waals surface area contributed by atoms with Gasteiger partial charge in [0.05, 0.1) is 5.56 Å². The van der Waals surface area contributed by atoms with Crippen molar-refractivity contribution in [2.45, 2.75) is 82.8 Å². The highest BCUT2D eigenvalue weighted by atomic mass is 32.1. The SMILES string of the molecule is CCCCCCCCCCCCC(S)CNc1ccc(C(=O)O)cc1. The molecule has 0 bridgehead atoms. The number of hydrogen-bond acceptors (Lipinski definition) is 3. The average Bonchev–Trinajstić information content (AvgIpc) is 2.62. The molecule has 25 heavy (non-hydrogen) atoms. The van der Waals surface area contributed by atoms with Crippen LogP contribution in [0.3, 0.4) is 0 Å². The summed E-state index contributed by atoms with van der Waals surface area (Å²) in [7, 11) is 0. The number of aromatic carboxylic acids is 1. The van der Waals surface area contributed by atoms with Gasteiger partial charge in [-0.05, 0) is 30.7 Å². The van der Waals surface area contributed by atoms with E-state index < -0.39 is 5.97 Å².